The van der Waals surface area contributed by atoms with Crippen LogP contribution in [0.15, 0.2) is 35.4 Å². The van der Waals surface area contributed by atoms with E-state index in [1.807, 2.05) is 0 Å². The first kappa shape index (κ1) is 15.2. The minimum absolute atomic E-state index is 0.0589. The average Bonchev–Trinajstić information content (AvgIpc) is 2.98. The Morgan fingerprint density at radius 2 is 2.09 bits per heavy atom. The lowest BCUT2D eigenvalue weighted by Gasteiger charge is -2.23. The average molecular weight is 315 g/mol. The molecule has 0 bridgehead atoms. The Bertz CT molecular complexity index is 814. The predicted octanol–water partition coefficient (Wildman–Crippen LogP) is 0.862. The van der Waals surface area contributed by atoms with Gasteiger partial charge in [0, 0.05) is 12.6 Å². The van der Waals surface area contributed by atoms with E-state index in [1.165, 1.54) is 10.9 Å². The van der Waals surface area contributed by atoms with E-state index in [9.17, 15) is 14.4 Å². The largest absolute Gasteiger partial charge is 0.481 e. The summed E-state index contributed by atoms with van der Waals surface area (Å²) in [6, 6.07) is 6.68. The number of nitrogens with zero attached hydrogens (tertiary/aromatic N) is 3. The van der Waals surface area contributed by atoms with E-state index in [2.05, 4.69) is 4.98 Å². The van der Waals surface area contributed by atoms with Crippen LogP contribution in [-0.4, -0.2) is 44.0 Å². The summed E-state index contributed by atoms with van der Waals surface area (Å²) in [5.74, 6) is -1.16. The lowest BCUT2D eigenvalue weighted by molar-refractivity contribution is -0.140. The van der Waals surface area contributed by atoms with Crippen LogP contribution in [0, 0.1) is 0 Å². The van der Waals surface area contributed by atoms with Crippen molar-refractivity contribution in [3.05, 3.63) is 40.9 Å². The molecule has 1 amide bonds. The molecule has 1 fully saturated rings. The Balaban J connectivity index is 1.81. The van der Waals surface area contributed by atoms with Gasteiger partial charge in [-0.25, -0.2) is 4.98 Å². The van der Waals surface area contributed by atoms with Gasteiger partial charge in [0.1, 0.15) is 6.54 Å². The first-order chi connectivity index (χ1) is 11.1. The number of hydrogen-bond donors (Lipinski definition) is 1. The van der Waals surface area contributed by atoms with E-state index in [-0.39, 0.29) is 30.5 Å². The Hall–Kier alpha value is -2.70. The summed E-state index contributed by atoms with van der Waals surface area (Å²) >= 11 is 0. The Morgan fingerprint density at radius 3 is 2.87 bits per heavy atom. The highest BCUT2D eigenvalue weighted by molar-refractivity contribution is 5.79. The number of aliphatic carboxylic acids is 1. The molecule has 2 aromatic rings. The molecule has 1 atom stereocenters. The number of carbonyl (C=O) groups excluding carboxylic acids is 1. The number of likely N-dealkylation sites (tertiary alicyclic amines) is 1. The summed E-state index contributed by atoms with van der Waals surface area (Å²) in [4.78, 5) is 41.5. The third-order valence-corrected chi connectivity index (χ3v) is 4.14. The first-order valence-corrected chi connectivity index (χ1v) is 7.51. The van der Waals surface area contributed by atoms with Crippen molar-refractivity contribution in [3.8, 4) is 0 Å². The minimum atomic E-state index is -0.917. The van der Waals surface area contributed by atoms with Gasteiger partial charge in [-0.15, -0.1) is 0 Å². The lowest BCUT2D eigenvalue weighted by Crippen LogP contribution is -2.40. The van der Waals surface area contributed by atoms with Gasteiger partial charge >= 0.3 is 5.97 Å². The van der Waals surface area contributed by atoms with Crippen LogP contribution in [0.25, 0.3) is 10.9 Å². The number of rotatable bonds is 4. The topological polar surface area (TPSA) is 92.5 Å². The predicted molar refractivity (Wildman–Crippen MR) is 83.0 cm³/mol. The van der Waals surface area contributed by atoms with Gasteiger partial charge in [-0.1, -0.05) is 12.1 Å². The zero-order valence-electron chi connectivity index (χ0n) is 12.5. The van der Waals surface area contributed by atoms with E-state index >= 15 is 0 Å². The molecular formula is C16H17N3O4. The van der Waals surface area contributed by atoms with Crippen molar-refractivity contribution in [1.29, 1.82) is 0 Å². The van der Waals surface area contributed by atoms with Gasteiger partial charge in [0.15, 0.2) is 0 Å². The zero-order chi connectivity index (χ0) is 16.4. The quantitative estimate of drug-likeness (QED) is 0.903. The molecule has 0 saturated carbocycles. The maximum Gasteiger partial charge on any atom is 0.305 e. The number of carbonyl (C=O) groups is 2. The van der Waals surface area contributed by atoms with Crippen LogP contribution in [0.2, 0.25) is 0 Å². The highest BCUT2D eigenvalue weighted by Gasteiger charge is 2.30. The summed E-state index contributed by atoms with van der Waals surface area (Å²) in [6.45, 7) is 0.416. The molecule has 3 rings (SSSR count). The number of para-hydroxylation sites is 1. The fourth-order valence-corrected chi connectivity index (χ4v) is 3.03. The van der Waals surface area contributed by atoms with Gasteiger partial charge in [-0.3, -0.25) is 19.0 Å². The van der Waals surface area contributed by atoms with E-state index in [0.29, 0.717) is 23.9 Å². The van der Waals surface area contributed by atoms with Crippen LogP contribution >= 0.6 is 0 Å². The number of carboxylic acids is 1. The molecule has 0 aliphatic carbocycles. The molecule has 1 unspecified atom stereocenters. The van der Waals surface area contributed by atoms with Gasteiger partial charge in [0.25, 0.3) is 5.56 Å². The van der Waals surface area contributed by atoms with E-state index in [1.54, 1.807) is 29.2 Å². The third-order valence-electron chi connectivity index (χ3n) is 4.14. The molecule has 0 radical (unpaired) electrons. The highest BCUT2D eigenvalue weighted by Crippen LogP contribution is 2.20. The smallest absolute Gasteiger partial charge is 0.305 e. The van der Waals surface area contributed by atoms with Crippen LogP contribution in [0.3, 0.4) is 0 Å². The third kappa shape index (κ3) is 3.08. The minimum Gasteiger partial charge on any atom is -0.481 e. The monoisotopic (exact) mass is 315 g/mol. The molecule has 23 heavy (non-hydrogen) atoms. The molecule has 1 aromatic carbocycles. The maximum atomic E-state index is 12.4. The number of carboxylic acid groups (broad SMARTS) is 1. The normalized spacial score (nSPS) is 17.6. The number of fused-ring (bicyclic) bond motifs is 1. The number of hydrogen-bond acceptors (Lipinski definition) is 4. The van der Waals surface area contributed by atoms with Crippen LogP contribution in [0.4, 0.5) is 0 Å². The van der Waals surface area contributed by atoms with Gasteiger partial charge in [-0.2, -0.15) is 0 Å². The van der Waals surface area contributed by atoms with E-state index in [4.69, 9.17) is 5.11 Å². The number of aromatic nitrogens is 2. The molecule has 1 aliphatic heterocycles. The second kappa shape index (κ2) is 6.20. The van der Waals surface area contributed by atoms with Crippen molar-refractivity contribution in [2.75, 3.05) is 6.54 Å². The molecule has 120 valence electrons. The Labute approximate surface area is 132 Å². The molecule has 1 N–H and O–H groups in total. The molecule has 1 aromatic heterocycles. The maximum absolute atomic E-state index is 12.4. The fourth-order valence-electron chi connectivity index (χ4n) is 3.03. The van der Waals surface area contributed by atoms with Crippen LogP contribution in [-0.2, 0) is 16.1 Å². The van der Waals surface area contributed by atoms with Crippen molar-refractivity contribution in [2.45, 2.75) is 31.8 Å². The Kier molecular flexibility index (Phi) is 4.10. The first-order valence-electron chi connectivity index (χ1n) is 7.51. The summed E-state index contributed by atoms with van der Waals surface area (Å²) in [5, 5.41) is 9.39. The van der Waals surface area contributed by atoms with Gasteiger partial charge in [-0.05, 0) is 25.0 Å². The van der Waals surface area contributed by atoms with Crippen molar-refractivity contribution in [3.63, 3.8) is 0 Å². The SMILES string of the molecule is O=C(O)CC1CCCN1C(=O)Cn1cnc2ccccc2c1=O. The van der Waals surface area contributed by atoms with Crippen molar-refractivity contribution in [2.24, 2.45) is 0 Å². The zero-order valence-corrected chi connectivity index (χ0v) is 12.5. The Morgan fingerprint density at radius 1 is 1.30 bits per heavy atom. The second-order valence-corrected chi connectivity index (χ2v) is 5.68. The molecule has 7 nitrogen and oxygen atoms in total. The van der Waals surface area contributed by atoms with Crippen molar-refractivity contribution < 1.29 is 14.7 Å². The summed E-state index contributed by atoms with van der Waals surface area (Å²) in [5.41, 5.74) is 0.323. The van der Waals surface area contributed by atoms with E-state index in [0.717, 1.165) is 6.42 Å². The van der Waals surface area contributed by atoms with E-state index < -0.39 is 5.97 Å². The highest BCUT2D eigenvalue weighted by atomic mass is 16.4. The number of amides is 1. The molecule has 2 heterocycles. The van der Waals surface area contributed by atoms with Crippen molar-refractivity contribution in [1.82, 2.24) is 14.5 Å². The molecule has 1 aliphatic rings. The summed E-state index contributed by atoms with van der Waals surface area (Å²) < 4.78 is 1.28. The van der Waals surface area contributed by atoms with Crippen LogP contribution < -0.4 is 5.56 Å². The molecule has 0 spiro atoms. The van der Waals surface area contributed by atoms with Gasteiger partial charge < -0.3 is 10.0 Å². The molecule has 7 heteroatoms. The molecular weight excluding hydrogens is 298 g/mol. The number of benzene rings is 1. The van der Waals surface area contributed by atoms with Gasteiger partial charge in [0.2, 0.25) is 5.91 Å². The van der Waals surface area contributed by atoms with Gasteiger partial charge in [0.05, 0.1) is 23.7 Å². The molecule has 1 saturated heterocycles. The van der Waals surface area contributed by atoms with Crippen molar-refractivity contribution >= 4 is 22.8 Å². The fraction of sp³-hybridized carbons (Fsp3) is 0.375. The summed E-state index contributed by atoms with van der Waals surface area (Å²) in [7, 11) is 0. The van der Waals surface area contributed by atoms with Crippen LogP contribution in [0.5, 0.6) is 0 Å². The standard InChI is InChI=1S/C16H17N3O4/c20-14(19-7-3-4-11(19)8-15(21)22)9-18-10-17-13-6-2-1-5-12(13)16(18)23/h1-2,5-6,10-11H,3-4,7-9H2,(H,21,22). The summed E-state index contributed by atoms with van der Waals surface area (Å²) in [6.07, 6.45) is 2.78. The van der Waals surface area contributed by atoms with Crippen LogP contribution in [0.1, 0.15) is 19.3 Å². The lowest BCUT2D eigenvalue weighted by atomic mass is 10.1. The second-order valence-electron chi connectivity index (χ2n) is 5.68.